The fourth-order valence-corrected chi connectivity index (χ4v) is 3.48. The van der Waals surface area contributed by atoms with Crippen molar-refractivity contribution in [1.29, 1.82) is 0 Å². The van der Waals surface area contributed by atoms with Crippen molar-refractivity contribution in [3.8, 4) is 0 Å². The molecule has 0 aliphatic rings. The topological polar surface area (TPSA) is 29.9 Å². The number of likely N-dealkylation sites (N-methyl/N-ethyl adjacent to an activating group) is 1. The molecule has 0 fully saturated rings. The third-order valence-electron chi connectivity index (χ3n) is 2.82. The van der Waals surface area contributed by atoms with E-state index < -0.39 is 0 Å². The number of thiophene rings is 1. The predicted molar refractivity (Wildman–Crippen MR) is 77.7 cm³/mol. The summed E-state index contributed by atoms with van der Waals surface area (Å²) in [6.07, 6.45) is 4.55. The van der Waals surface area contributed by atoms with Gasteiger partial charge in [0.1, 0.15) is 5.82 Å². The molecule has 0 aliphatic heterocycles. The van der Waals surface area contributed by atoms with Gasteiger partial charge >= 0.3 is 0 Å². The van der Waals surface area contributed by atoms with Gasteiger partial charge in [-0.3, -0.25) is 0 Å². The summed E-state index contributed by atoms with van der Waals surface area (Å²) in [7, 11) is 1.99. The Balaban J connectivity index is 2.23. The Morgan fingerprint density at radius 2 is 2.28 bits per heavy atom. The summed E-state index contributed by atoms with van der Waals surface area (Å²) in [6, 6.07) is 2.08. The third kappa shape index (κ3) is 3.06. The molecular weight excluding hydrogens is 289 g/mol. The minimum absolute atomic E-state index is 0.146. The van der Waals surface area contributed by atoms with E-state index in [1.807, 2.05) is 23.9 Å². The molecule has 0 radical (unpaired) electrons. The van der Waals surface area contributed by atoms with Crippen LogP contribution in [0, 0.1) is 0 Å². The fraction of sp³-hybridized carbons (Fsp3) is 0.417. The Kier molecular flexibility index (Phi) is 4.67. The van der Waals surface area contributed by atoms with Crippen LogP contribution < -0.4 is 5.32 Å². The zero-order valence-electron chi connectivity index (χ0n) is 10.3. The van der Waals surface area contributed by atoms with Crippen LogP contribution in [-0.4, -0.2) is 16.1 Å². The van der Waals surface area contributed by atoms with E-state index in [1.54, 1.807) is 6.20 Å². The second-order valence-corrected chi connectivity index (χ2v) is 6.33. The highest BCUT2D eigenvalue weighted by atomic mass is 35.5. The highest BCUT2D eigenvalue weighted by Crippen LogP contribution is 2.35. The number of aromatic nitrogens is 2. The normalized spacial score (nSPS) is 12.9. The molecule has 2 heterocycles. The van der Waals surface area contributed by atoms with Gasteiger partial charge in [-0.15, -0.1) is 11.3 Å². The van der Waals surface area contributed by atoms with Crippen LogP contribution in [0.5, 0.6) is 0 Å². The molecule has 18 heavy (non-hydrogen) atoms. The zero-order valence-corrected chi connectivity index (χ0v) is 12.6. The second-order valence-electron chi connectivity index (χ2n) is 4.05. The van der Waals surface area contributed by atoms with E-state index in [2.05, 4.69) is 17.2 Å². The van der Waals surface area contributed by atoms with Crippen LogP contribution in [0.4, 0.5) is 0 Å². The molecule has 0 saturated heterocycles. The van der Waals surface area contributed by atoms with E-state index in [1.165, 1.54) is 11.3 Å². The number of hydrogen-bond donors (Lipinski definition) is 1. The van der Waals surface area contributed by atoms with E-state index in [9.17, 15) is 0 Å². The van der Waals surface area contributed by atoms with Crippen LogP contribution in [-0.2, 0) is 13.5 Å². The molecule has 2 rings (SSSR count). The molecule has 0 bridgehead atoms. The monoisotopic (exact) mass is 303 g/mol. The number of nitrogens with zero attached hydrogens (tertiary/aromatic N) is 2. The fourth-order valence-electron chi connectivity index (χ4n) is 1.90. The summed E-state index contributed by atoms with van der Waals surface area (Å²) >= 11 is 13.6. The van der Waals surface area contributed by atoms with Crippen molar-refractivity contribution in [3.63, 3.8) is 0 Å². The zero-order chi connectivity index (χ0) is 13.1. The molecule has 6 heteroatoms. The standard InChI is InChI=1S/C12H15Cl2N3S/c1-3-15-9(7-11-16-4-5-17(11)2)8-6-10(13)18-12(8)14/h4-6,9,15H,3,7H2,1-2H3. The van der Waals surface area contributed by atoms with Gasteiger partial charge in [-0.05, 0) is 12.6 Å². The van der Waals surface area contributed by atoms with Gasteiger partial charge in [0.15, 0.2) is 0 Å². The number of halogens is 2. The molecule has 1 atom stereocenters. The minimum atomic E-state index is 0.146. The molecule has 0 spiro atoms. The van der Waals surface area contributed by atoms with Crippen molar-refractivity contribution < 1.29 is 0 Å². The molecule has 0 aromatic carbocycles. The third-order valence-corrected chi connectivity index (χ3v) is 4.33. The Bertz CT molecular complexity index is 521. The van der Waals surface area contributed by atoms with Crippen LogP contribution in [0.15, 0.2) is 18.5 Å². The highest BCUT2D eigenvalue weighted by Gasteiger charge is 2.18. The van der Waals surface area contributed by atoms with Gasteiger partial charge in [0.2, 0.25) is 0 Å². The van der Waals surface area contributed by atoms with Gasteiger partial charge in [-0.1, -0.05) is 30.1 Å². The Labute approximate surface area is 121 Å². The van der Waals surface area contributed by atoms with Crippen molar-refractivity contribution in [2.24, 2.45) is 7.05 Å². The van der Waals surface area contributed by atoms with Crippen molar-refractivity contribution in [1.82, 2.24) is 14.9 Å². The van der Waals surface area contributed by atoms with Gasteiger partial charge in [0.05, 0.1) is 8.67 Å². The molecule has 3 nitrogen and oxygen atoms in total. The first-order valence-electron chi connectivity index (χ1n) is 5.76. The highest BCUT2D eigenvalue weighted by molar-refractivity contribution is 7.20. The smallest absolute Gasteiger partial charge is 0.110 e. The molecule has 0 aliphatic carbocycles. The van der Waals surface area contributed by atoms with Gasteiger partial charge in [0.25, 0.3) is 0 Å². The Morgan fingerprint density at radius 1 is 1.50 bits per heavy atom. The average Bonchev–Trinajstić information content (AvgIpc) is 2.85. The predicted octanol–water partition coefficient (Wildman–Crippen LogP) is 3.68. The Morgan fingerprint density at radius 3 is 2.78 bits per heavy atom. The van der Waals surface area contributed by atoms with Crippen LogP contribution >= 0.6 is 34.5 Å². The lowest BCUT2D eigenvalue weighted by molar-refractivity contribution is 0.530. The summed E-state index contributed by atoms with van der Waals surface area (Å²) in [5.74, 6) is 1.03. The molecule has 1 unspecified atom stereocenters. The molecule has 1 N–H and O–H groups in total. The van der Waals surface area contributed by atoms with Crippen LogP contribution in [0.25, 0.3) is 0 Å². The maximum absolute atomic E-state index is 6.22. The number of imidazole rings is 1. The first kappa shape index (κ1) is 13.9. The maximum atomic E-state index is 6.22. The average molecular weight is 304 g/mol. The molecule has 2 aromatic heterocycles. The van der Waals surface area contributed by atoms with E-state index >= 15 is 0 Å². The molecule has 2 aromatic rings. The molecule has 0 amide bonds. The van der Waals surface area contributed by atoms with Crippen molar-refractivity contribution in [2.75, 3.05) is 6.54 Å². The summed E-state index contributed by atoms with van der Waals surface area (Å²) in [5, 5.41) is 3.43. The molecule has 0 saturated carbocycles. The largest absolute Gasteiger partial charge is 0.338 e. The van der Waals surface area contributed by atoms with E-state index in [-0.39, 0.29) is 6.04 Å². The van der Waals surface area contributed by atoms with Crippen LogP contribution in [0.2, 0.25) is 8.67 Å². The van der Waals surface area contributed by atoms with Gasteiger partial charge < -0.3 is 9.88 Å². The molecule has 98 valence electrons. The number of rotatable bonds is 5. The molecular formula is C12H15Cl2N3S. The second kappa shape index (κ2) is 6.06. The van der Waals surface area contributed by atoms with Gasteiger partial charge in [-0.25, -0.2) is 4.98 Å². The lowest BCUT2D eigenvalue weighted by Crippen LogP contribution is -2.24. The summed E-state index contributed by atoms with van der Waals surface area (Å²) in [5.41, 5.74) is 1.05. The van der Waals surface area contributed by atoms with Crippen molar-refractivity contribution in [3.05, 3.63) is 38.5 Å². The summed E-state index contributed by atoms with van der Waals surface area (Å²) in [6.45, 7) is 2.95. The van der Waals surface area contributed by atoms with Crippen LogP contribution in [0.3, 0.4) is 0 Å². The lowest BCUT2D eigenvalue weighted by Gasteiger charge is -2.17. The SMILES string of the molecule is CCNC(Cc1nccn1C)c1cc(Cl)sc1Cl. The summed E-state index contributed by atoms with van der Waals surface area (Å²) < 4.78 is 3.49. The Hall–Kier alpha value is -0.550. The van der Waals surface area contributed by atoms with Crippen molar-refractivity contribution >= 4 is 34.5 Å². The lowest BCUT2D eigenvalue weighted by atomic mass is 10.1. The quantitative estimate of drug-likeness (QED) is 0.913. The number of aryl methyl sites for hydroxylation is 1. The maximum Gasteiger partial charge on any atom is 0.110 e. The number of hydrogen-bond acceptors (Lipinski definition) is 3. The van der Waals surface area contributed by atoms with Gasteiger partial charge in [0, 0.05) is 37.5 Å². The van der Waals surface area contributed by atoms with E-state index in [0.717, 1.165) is 33.0 Å². The minimum Gasteiger partial charge on any atom is -0.338 e. The summed E-state index contributed by atoms with van der Waals surface area (Å²) in [4.78, 5) is 4.35. The number of nitrogens with one attached hydrogen (secondary N) is 1. The van der Waals surface area contributed by atoms with Crippen LogP contribution in [0.1, 0.15) is 24.4 Å². The first-order chi connectivity index (χ1) is 8.61. The van der Waals surface area contributed by atoms with E-state index in [4.69, 9.17) is 23.2 Å². The van der Waals surface area contributed by atoms with Crippen molar-refractivity contribution in [2.45, 2.75) is 19.4 Å². The first-order valence-corrected chi connectivity index (χ1v) is 7.33. The van der Waals surface area contributed by atoms with Gasteiger partial charge in [-0.2, -0.15) is 0 Å². The van der Waals surface area contributed by atoms with E-state index in [0.29, 0.717) is 0 Å².